The van der Waals surface area contributed by atoms with Crippen LogP contribution in [0.5, 0.6) is 0 Å². The summed E-state index contributed by atoms with van der Waals surface area (Å²) in [5.41, 5.74) is 3.26. The second-order valence-electron chi connectivity index (χ2n) is 3.89. The highest BCUT2D eigenvalue weighted by Crippen LogP contribution is 2.28. The molecule has 0 saturated heterocycles. The first-order valence-corrected chi connectivity index (χ1v) is 5.04. The van der Waals surface area contributed by atoms with Gasteiger partial charge in [-0.15, -0.1) is 0 Å². The van der Waals surface area contributed by atoms with Gasteiger partial charge in [-0.25, -0.2) is 0 Å². The highest BCUT2D eigenvalue weighted by atomic mass is 16.5. The van der Waals surface area contributed by atoms with Crippen molar-refractivity contribution in [1.82, 2.24) is 0 Å². The van der Waals surface area contributed by atoms with Crippen LogP contribution in [0.4, 0.5) is 0 Å². The van der Waals surface area contributed by atoms with E-state index in [0.717, 1.165) is 24.0 Å². The molecule has 0 bridgehead atoms. The van der Waals surface area contributed by atoms with Gasteiger partial charge in [0, 0.05) is 0 Å². The lowest BCUT2D eigenvalue weighted by Gasteiger charge is -2.04. The maximum absolute atomic E-state index is 11.4. The van der Waals surface area contributed by atoms with E-state index in [2.05, 4.69) is 0 Å². The Bertz CT molecular complexity index is 384. The highest BCUT2D eigenvalue weighted by Gasteiger charge is 2.27. The molecule has 15 heavy (non-hydrogen) atoms. The summed E-state index contributed by atoms with van der Waals surface area (Å²) in [6, 6.07) is 5.86. The second-order valence-corrected chi connectivity index (χ2v) is 3.89. The van der Waals surface area contributed by atoms with Gasteiger partial charge >= 0.3 is 5.97 Å². The number of fused-ring (bicyclic) bond motifs is 1. The van der Waals surface area contributed by atoms with Gasteiger partial charge in [0.15, 0.2) is 0 Å². The number of benzene rings is 1. The zero-order valence-electron chi connectivity index (χ0n) is 8.69. The fourth-order valence-electron chi connectivity index (χ4n) is 2.10. The highest BCUT2D eigenvalue weighted by molar-refractivity contribution is 5.74. The summed E-state index contributed by atoms with van der Waals surface area (Å²) in [5.74, 6) is -0.185. The van der Waals surface area contributed by atoms with E-state index in [-0.39, 0.29) is 18.5 Å². The van der Waals surface area contributed by atoms with E-state index >= 15 is 0 Å². The number of aliphatic hydroxyl groups excluding tert-OH is 1. The Morgan fingerprint density at radius 2 is 2.20 bits per heavy atom. The van der Waals surface area contributed by atoms with Crippen molar-refractivity contribution in [2.24, 2.45) is 5.92 Å². The third-order valence-corrected chi connectivity index (χ3v) is 2.92. The third-order valence-electron chi connectivity index (χ3n) is 2.92. The molecule has 0 amide bonds. The predicted octanol–water partition coefficient (Wildman–Crippen LogP) is 1.07. The molecule has 1 N–H and O–H groups in total. The van der Waals surface area contributed by atoms with Gasteiger partial charge in [-0.2, -0.15) is 0 Å². The first-order chi connectivity index (χ1) is 7.24. The van der Waals surface area contributed by atoms with Gasteiger partial charge < -0.3 is 9.84 Å². The molecule has 0 saturated carbocycles. The standard InChI is InChI=1S/C12H14O3/c1-15-12(14)11-5-9-3-2-8(7-13)4-10(9)6-11/h2-4,11,13H,5-7H2,1H3. The number of ether oxygens (including phenoxy) is 1. The molecule has 1 aliphatic carbocycles. The Morgan fingerprint density at radius 3 is 2.87 bits per heavy atom. The molecule has 0 aliphatic heterocycles. The van der Waals surface area contributed by atoms with Gasteiger partial charge in [0.2, 0.25) is 0 Å². The summed E-state index contributed by atoms with van der Waals surface area (Å²) in [4.78, 5) is 11.4. The SMILES string of the molecule is COC(=O)C1Cc2ccc(CO)cc2C1. The molecule has 0 fully saturated rings. The van der Waals surface area contributed by atoms with Crippen molar-refractivity contribution >= 4 is 5.97 Å². The second kappa shape index (κ2) is 4.03. The minimum atomic E-state index is -0.142. The van der Waals surface area contributed by atoms with Crippen LogP contribution in [-0.2, 0) is 29.0 Å². The van der Waals surface area contributed by atoms with Gasteiger partial charge in [0.25, 0.3) is 0 Å². The molecular weight excluding hydrogens is 192 g/mol. The van der Waals surface area contributed by atoms with Gasteiger partial charge in [-0.05, 0) is 29.5 Å². The van der Waals surface area contributed by atoms with Crippen LogP contribution in [0, 0.1) is 5.92 Å². The summed E-state index contributed by atoms with van der Waals surface area (Å²) >= 11 is 0. The van der Waals surface area contributed by atoms with Crippen LogP contribution in [0.2, 0.25) is 0 Å². The molecule has 1 atom stereocenters. The van der Waals surface area contributed by atoms with E-state index < -0.39 is 0 Å². The summed E-state index contributed by atoms with van der Waals surface area (Å²) in [6.07, 6.45) is 1.49. The van der Waals surface area contributed by atoms with Gasteiger partial charge in [-0.3, -0.25) is 4.79 Å². The topological polar surface area (TPSA) is 46.5 Å². The molecule has 1 unspecified atom stereocenters. The van der Waals surface area contributed by atoms with Crippen LogP contribution in [0.3, 0.4) is 0 Å². The largest absolute Gasteiger partial charge is 0.469 e. The van der Waals surface area contributed by atoms with E-state index in [1.807, 2.05) is 18.2 Å². The molecule has 0 heterocycles. The summed E-state index contributed by atoms with van der Waals surface area (Å²) in [5, 5.41) is 9.00. The normalized spacial score (nSPS) is 18.7. The van der Waals surface area contributed by atoms with E-state index in [4.69, 9.17) is 9.84 Å². The maximum atomic E-state index is 11.4. The fourth-order valence-corrected chi connectivity index (χ4v) is 2.10. The molecule has 1 aromatic carbocycles. The Hall–Kier alpha value is -1.35. The maximum Gasteiger partial charge on any atom is 0.309 e. The lowest BCUT2D eigenvalue weighted by Crippen LogP contribution is -2.15. The summed E-state index contributed by atoms with van der Waals surface area (Å²) in [7, 11) is 1.42. The molecule has 0 spiro atoms. The quantitative estimate of drug-likeness (QED) is 0.736. The number of methoxy groups -OCH3 is 1. The number of carbonyl (C=O) groups is 1. The summed E-state index contributed by atoms with van der Waals surface area (Å²) < 4.78 is 4.73. The van der Waals surface area contributed by atoms with Crippen LogP contribution in [-0.4, -0.2) is 18.2 Å². The van der Waals surface area contributed by atoms with Crippen molar-refractivity contribution in [3.8, 4) is 0 Å². The predicted molar refractivity (Wildman–Crippen MR) is 55.3 cm³/mol. The fraction of sp³-hybridized carbons (Fsp3) is 0.417. The lowest BCUT2D eigenvalue weighted by molar-refractivity contribution is -0.145. The molecule has 0 aromatic heterocycles. The molecule has 3 nitrogen and oxygen atoms in total. The number of carbonyl (C=O) groups excluding carboxylic acids is 1. The van der Waals surface area contributed by atoms with Crippen LogP contribution in [0.25, 0.3) is 0 Å². The Kier molecular flexibility index (Phi) is 2.73. The molecular formula is C12H14O3. The van der Waals surface area contributed by atoms with Crippen molar-refractivity contribution < 1.29 is 14.6 Å². The number of rotatable bonds is 2. The average Bonchev–Trinajstić information content (AvgIpc) is 2.70. The minimum absolute atomic E-state index is 0.0426. The minimum Gasteiger partial charge on any atom is -0.469 e. The molecule has 1 aliphatic rings. The molecule has 2 rings (SSSR count). The number of hydrogen-bond donors (Lipinski definition) is 1. The molecule has 80 valence electrons. The Balaban J connectivity index is 2.20. The van der Waals surface area contributed by atoms with Crippen LogP contribution < -0.4 is 0 Å². The zero-order valence-corrected chi connectivity index (χ0v) is 8.69. The van der Waals surface area contributed by atoms with Crippen LogP contribution >= 0.6 is 0 Å². The van der Waals surface area contributed by atoms with Gasteiger partial charge in [0.1, 0.15) is 0 Å². The van der Waals surface area contributed by atoms with Crippen molar-refractivity contribution in [1.29, 1.82) is 0 Å². The van der Waals surface area contributed by atoms with E-state index in [1.165, 1.54) is 12.7 Å². The third kappa shape index (κ3) is 1.88. The van der Waals surface area contributed by atoms with E-state index in [1.54, 1.807) is 0 Å². The van der Waals surface area contributed by atoms with Crippen LogP contribution in [0.15, 0.2) is 18.2 Å². The lowest BCUT2D eigenvalue weighted by atomic mass is 10.1. The van der Waals surface area contributed by atoms with Gasteiger partial charge in [0.05, 0.1) is 19.6 Å². The molecule has 1 aromatic rings. The summed E-state index contributed by atoms with van der Waals surface area (Å²) in [6.45, 7) is 0.0518. The first-order valence-electron chi connectivity index (χ1n) is 5.04. The monoisotopic (exact) mass is 206 g/mol. The zero-order chi connectivity index (χ0) is 10.8. The average molecular weight is 206 g/mol. The number of hydrogen-bond acceptors (Lipinski definition) is 3. The first kappa shape index (κ1) is 10.2. The number of aliphatic hydroxyl groups is 1. The van der Waals surface area contributed by atoms with Crippen molar-refractivity contribution in [2.45, 2.75) is 19.4 Å². The molecule has 0 radical (unpaired) electrons. The van der Waals surface area contributed by atoms with Crippen molar-refractivity contribution in [2.75, 3.05) is 7.11 Å². The Labute approximate surface area is 88.7 Å². The molecule has 3 heteroatoms. The van der Waals surface area contributed by atoms with Gasteiger partial charge in [-0.1, -0.05) is 18.2 Å². The number of esters is 1. The Morgan fingerprint density at radius 1 is 1.47 bits per heavy atom. The van der Waals surface area contributed by atoms with E-state index in [0.29, 0.717) is 0 Å². The van der Waals surface area contributed by atoms with E-state index in [9.17, 15) is 4.79 Å². The smallest absolute Gasteiger partial charge is 0.309 e. The van der Waals surface area contributed by atoms with Crippen LogP contribution in [0.1, 0.15) is 16.7 Å². The van der Waals surface area contributed by atoms with Crippen molar-refractivity contribution in [3.63, 3.8) is 0 Å². The van der Waals surface area contributed by atoms with Crippen molar-refractivity contribution in [3.05, 3.63) is 34.9 Å².